The molecule has 0 saturated carbocycles. The van der Waals surface area contributed by atoms with Gasteiger partial charge < -0.3 is 4.90 Å². The van der Waals surface area contributed by atoms with Gasteiger partial charge in [0.1, 0.15) is 0 Å². The molecule has 2 amide bonds. The van der Waals surface area contributed by atoms with E-state index in [1.807, 2.05) is 0 Å². The third-order valence-corrected chi connectivity index (χ3v) is 3.92. The van der Waals surface area contributed by atoms with Crippen molar-refractivity contribution in [2.75, 3.05) is 19.0 Å². The minimum atomic E-state index is -4.69. The average molecular weight is 360 g/mol. The maximum absolute atomic E-state index is 13.4. The van der Waals surface area contributed by atoms with E-state index in [-0.39, 0.29) is 11.1 Å². The van der Waals surface area contributed by atoms with Gasteiger partial charge in [-0.05, 0) is 18.2 Å². The van der Waals surface area contributed by atoms with Gasteiger partial charge in [0.2, 0.25) is 0 Å². The first-order valence-corrected chi connectivity index (χ1v) is 7.74. The van der Waals surface area contributed by atoms with Gasteiger partial charge in [0.15, 0.2) is 0 Å². The first-order valence-electron chi connectivity index (χ1n) is 7.74. The highest BCUT2D eigenvalue weighted by Crippen LogP contribution is 2.40. The molecule has 134 valence electrons. The summed E-state index contributed by atoms with van der Waals surface area (Å²) in [5.74, 6) is -1.57. The monoisotopic (exact) mass is 360 g/mol. The molecule has 0 unspecified atom stereocenters. The molecular weight excluding hydrogens is 345 g/mol. The van der Waals surface area contributed by atoms with E-state index in [1.165, 1.54) is 24.4 Å². The Morgan fingerprint density at radius 3 is 2.08 bits per heavy atom. The summed E-state index contributed by atoms with van der Waals surface area (Å²) in [4.78, 5) is 28.0. The number of carbonyl (C=O) groups excluding carboxylic acids is 2. The van der Waals surface area contributed by atoms with Crippen molar-refractivity contribution in [2.45, 2.75) is 6.18 Å². The molecule has 1 heterocycles. The maximum Gasteiger partial charge on any atom is 0.418 e. The van der Waals surface area contributed by atoms with Crippen molar-refractivity contribution in [2.24, 2.45) is 0 Å². The van der Waals surface area contributed by atoms with Crippen LogP contribution in [0.1, 0.15) is 21.5 Å². The van der Waals surface area contributed by atoms with Crippen LogP contribution in [0.15, 0.2) is 54.7 Å². The van der Waals surface area contributed by atoms with Crippen LogP contribution in [0.2, 0.25) is 0 Å². The predicted octanol–water partition coefficient (Wildman–Crippen LogP) is 3.79. The second-order valence-electron chi connectivity index (χ2n) is 6.01. The summed E-state index contributed by atoms with van der Waals surface area (Å²) in [7, 11) is 3.38. The molecule has 0 saturated heterocycles. The molecule has 0 atom stereocenters. The molecule has 0 fully saturated rings. The summed E-state index contributed by atoms with van der Waals surface area (Å²) in [6.07, 6.45) is -3.20. The van der Waals surface area contributed by atoms with Crippen LogP contribution in [0.25, 0.3) is 5.57 Å². The van der Waals surface area contributed by atoms with E-state index in [0.717, 1.165) is 12.1 Å². The van der Waals surface area contributed by atoms with Gasteiger partial charge in [0.05, 0.1) is 16.8 Å². The fourth-order valence-corrected chi connectivity index (χ4v) is 2.86. The summed E-state index contributed by atoms with van der Waals surface area (Å²) in [5.41, 5.74) is -0.782. The number of hydrogen-bond donors (Lipinski definition) is 0. The first kappa shape index (κ1) is 17.7. The molecule has 2 aromatic rings. The lowest BCUT2D eigenvalue weighted by Gasteiger charge is -2.30. The third-order valence-electron chi connectivity index (χ3n) is 3.92. The highest BCUT2D eigenvalue weighted by atomic mass is 19.4. The van der Waals surface area contributed by atoms with Crippen molar-refractivity contribution < 1.29 is 22.8 Å². The van der Waals surface area contributed by atoms with Crippen LogP contribution in [0, 0.1) is 0 Å². The van der Waals surface area contributed by atoms with Crippen LogP contribution < -0.4 is 4.90 Å². The molecule has 0 radical (unpaired) electrons. The highest BCUT2D eigenvalue weighted by molar-refractivity contribution is 6.41. The molecule has 26 heavy (non-hydrogen) atoms. The molecular formula is C19H15F3N2O2. The molecule has 3 rings (SSSR count). The second-order valence-corrected chi connectivity index (χ2v) is 6.01. The molecule has 0 spiro atoms. The SMILES string of the molecule is CN(C)/C=C1/C(=O)N(c2ccccc2C(F)(F)F)C(=O)c2ccccc21. The molecule has 0 N–H and O–H groups in total. The van der Waals surface area contributed by atoms with Gasteiger partial charge in [0.25, 0.3) is 11.8 Å². The lowest BCUT2D eigenvalue weighted by Crippen LogP contribution is -2.43. The Hall–Kier alpha value is -3.09. The van der Waals surface area contributed by atoms with Crippen molar-refractivity contribution in [3.05, 3.63) is 71.4 Å². The van der Waals surface area contributed by atoms with Gasteiger partial charge in [-0.15, -0.1) is 0 Å². The zero-order chi connectivity index (χ0) is 19.1. The zero-order valence-electron chi connectivity index (χ0n) is 14.0. The molecule has 4 nitrogen and oxygen atoms in total. The lowest BCUT2D eigenvalue weighted by atomic mass is 9.93. The number of rotatable bonds is 2. The largest absolute Gasteiger partial charge is 0.418 e. The fourth-order valence-electron chi connectivity index (χ4n) is 2.86. The van der Waals surface area contributed by atoms with Gasteiger partial charge >= 0.3 is 6.18 Å². The summed E-state index contributed by atoms with van der Waals surface area (Å²) < 4.78 is 40.2. The fraction of sp³-hybridized carbons (Fsp3) is 0.158. The van der Waals surface area contributed by atoms with Crippen LogP contribution in [0.3, 0.4) is 0 Å². The molecule has 1 aliphatic rings. The van der Waals surface area contributed by atoms with E-state index in [4.69, 9.17) is 0 Å². The number of anilines is 1. The number of hydrogen-bond acceptors (Lipinski definition) is 3. The zero-order valence-corrected chi connectivity index (χ0v) is 14.0. The number of para-hydroxylation sites is 1. The van der Waals surface area contributed by atoms with Crippen molar-refractivity contribution in [1.29, 1.82) is 0 Å². The first-order chi connectivity index (χ1) is 12.2. The minimum absolute atomic E-state index is 0.155. The van der Waals surface area contributed by atoms with Crippen LogP contribution in [0.5, 0.6) is 0 Å². The lowest BCUT2D eigenvalue weighted by molar-refractivity contribution is -0.137. The van der Waals surface area contributed by atoms with Gasteiger partial charge in [-0.2, -0.15) is 13.2 Å². The molecule has 1 aliphatic heterocycles. The van der Waals surface area contributed by atoms with E-state index in [2.05, 4.69) is 0 Å². The Bertz CT molecular complexity index is 917. The average Bonchev–Trinajstić information content (AvgIpc) is 2.58. The maximum atomic E-state index is 13.4. The predicted molar refractivity (Wildman–Crippen MR) is 91.4 cm³/mol. The number of imide groups is 1. The number of carbonyl (C=O) groups is 2. The number of halogens is 3. The van der Waals surface area contributed by atoms with Crippen LogP contribution in [-0.2, 0) is 11.0 Å². The quantitative estimate of drug-likeness (QED) is 0.604. The Morgan fingerprint density at radius 2 is 1.46 bits per heavy atom. The Balaban J connectivity index is 2.25. The van der Waals surface area contributed by atoms with Crippen molar-refractivity contribution in [1.82, 2.24) is 4.90 Å². The number of benzene rings is 2. The molecule has 0 aromatic heterocycles. The highest BCUT2D eigenvalue weighted by Gasteiger charge is 2.41. The summed E-state index contributed by atoms with van der Waals surface area (Å²) in [6.45, 7) is 0. The number of nitrogens with zero attached hydrogens (tertiary/aromatic N) is 2. The Morgan fingerprint density at radius 1 is 0.885 bits per heavy atom. The number of amides is 2. The Labute approximate surface area is 148 Å². The Kier molecular flexibility index (Phi) is 4.31. The number of fused-ring (bicyclic) bond motifs is 1. The second kappa shape index (κ2) is 6.33. The van der Waals surface area contributed by atoms with Gasteiger partial charge in [0, 0.05) is 31.4 Å². The third kappa shape index (κ3) is 2.96. The molecule has 2 aromatic carbocycles. The molecule has 7 heteroatoms. The van der Waals surface area contributed by atoms with Crippen LogP contribution >= 0.6 is 0 Å². The van der Waals surface area contributed by atoms with Crippen molar-refractivity contribution in [3.8, 4) is 0 Å². The van der Waals surface area contributed by atoms with E-state index in [1.54, 1.807) is 37.2 Å². The van der Waals surface area contributed by atoms with Gasteiger partial charge in [-0.1, -0.05) is 30.3 Å². The molecule has 0 bridgehead atoms. The van der Waals surface area contributed by atoms with E-state index in [9.17, 15) is 22.8 Å². The van der Waals surface area contributed by atoms with Crippen molar-refractivity contribution in [3.63, 3.8) is 0 Å². The smallest absolute Gasteiger partial charge is 0.383 e. The normalized spacial score (nSPS) is 16.0. The molecule has 0 aliphatic carbocycles. The van der Waals surface area contributed by atoms with Gasteiger partial charge in [-0.3, -0.25) is 9.59 Å². The van der Waals surface area contributed by atoms with Crippen LogP contribution in [-0.4, -0.2) is 30.8 Å². The van der Waals surface area contributed by atoms with Crippen molar-refractivity contribution >= 4 is 23.1 Å². The van der Waals surface area contributed by atoms with E-state index in [0.29, 0.717) is 10.5 Å². The minimum Gasteiger partial charge on any atom is -0.383 e. The standard InChI is InChI=1S/C19H15F3N2O2/c1-23(2)11-14-12-7-3-4-8-13(12)17(25)24(18(14)26)16-10-6-5-9-15(16)19(20,21)22/h3-11H,1-2H3/b14-11+. The number of alkyl halides is 3. The van der Waals surface area contributed by atoms with E-state index < -0.39 is 29.2 Å². The summed E-state index contributed by atoms with van der Waals surface area (Å²) >= 11 is 0. The van der Waals surface area contributed by atoms with Crippen LogP contribution in [0.4, 0.5) is 18.9 Å². The van der Waals surface area contributed by atoms with Gasteiger partial charge in [-0.25, -0.2) is 4.90 Å². The summed E-state index contributed by atoms with van der Waals surface area (Å²) in [5, 5.41) is 0. The van der Waals surface area contributed by atoms with E-state index >= 15 is 0 Å². The topological polar surface area (TPSA) is 40.6 Å². The summed E-state index contributed by atoms with van der Waals surface area (Å²) in [6, 6.07) is 10.9.